The first kappa shape index (κ1) is 15.6. The van der Waals surface area contributed by atoms with E-state index in [0.717, 1.165) is 11.6 Å². The molecule has 2 rings (SSSR count). The van der Waals surface area contributed by atoms with Crippen LogP contribution in [0, 0.1) is 0 Å². The second-order valence-electron chi connectivity index (χ2n) is 4.99. The normalized spacial score (nSPS) is 10.8. The van der Waals surface area contributed by atoms with Crippen molar-refractivity contribution in [2.45, 2.75) is 31.5 Å². The summed E-state index contributed by atoms with van der Waals surface area (Å²) in [7, 11) is 0. The highest BCUT2D eigenvalue weighted by molar-refractivity contribution is 7.99. The van der Waals surface area contributed by atoms with E-state index < -0.39 is 0 Å². The van der Waals surface area contributed by atoms with E-state index in [1.54, 1.807) is 6.33 Å². The van der Waals surface area contributed by atoms with Gasteiger partial charge in [0, 0.05) is 12.6 Å². The Hall–Kier alpha value is -1.82. The van der Waals surface area contributed by atoms with Gasteiger partial charge in [0.1, 0.15) is 6.33 Å². The minimum Gasteiger partial charge on any atom is -0.355 e. The maximum Gasteiger partial charge on any atom is 0.230 e. The highest BCUT2D eigenvalue weighted by Gasteiger charge is 2.10. The van der Waals surface area contributed by atoms with Crippen LogP contribution in [0.3, 0.4) is 0 Å². The second kappa shape index (κ2) is 7.83. The summed E-state index contributed by atoms with van der Waals surface area (Å²) in [5.74, 6) is 0.384. The Bertz CT molecular complexity index is 568. The Morgan fingerprint density at radius 1 is 1.33 bits per heavy atom. The molecule has 5 nitrogen and oxygen atoms in total. The third kappa shape index (κ3) is 4.90. The molecule has 0 saturated heterocycles. The van der Waals surface area contributed by atoms with Crippen LogP contribution in [0.4, 0.5) is 0 Å². The molecule has 112 valence electrons. The largest absolute Gasteiger partial charge is 0.355 e. The topological polar surface area (TPSA) is 59.8 Å². The molecule has 0 aliphatic rings. The van der Waals surface area contributed by atoms with Crippen molar-refractivity contribution in [1.82, 2.24) is 20.1 Å². The summed E-state index contributed by atoms with van der Waals surface area (Å²) < 4.78 is 1.96. The molecule has 0 bridgehead atoms. The van der Waals surface area contributed by atoms with Crippen LogP contribution in [0.15, 0.2) is 41.8 Å². The number of aromatic nitrogens is 3. The third-order valence-corrected chi connectivity index (χ3v) is 3.96. The van der Waals surface area contributed by atoms with E-state index >= 15 is 0 Å². The van der Waals surface area contributed by atoms with E-state index in [1.165, 1.54) is 17.3 Å². The molecule has 1 aromatic heterocycles. The van der Waals surface area contributed by atoms with Crippen LogP contribution in [0.2, 0.25) is 0 Å². The minimum atomic E-state index is 0.0224. The van der Waals surface area contributed by atoms with E-state index in [9.17, 15) is 4.79 Å². The highest BCUT2D eigenvalue weighted by Crippen LogP contribution is 2.18. The van der Waals surface area contributed by atoms with Crippen LogP contribution < -0.4 is 5.32 Å². The maximum atomic E-state index is 11.8. The average molecular weight is 304 g/mol. The van der Waals surface area contributed by atoms with Crippen molar-refractivity contribution in [3.05, 3.63) is 42.2 Å². The van der Waals surface area contributed by atoms with E-state index in [0.29, 0.717) is 18.3 Å². The number of carbonyl (C=O) groups excluding carboxylic acids is 1. The number of hydrogen-bond donors (Lipinski definition) is 1. The van der Waals surface area contributed by atoms with Crippen molar-refractivity contribution in [2.75, 3.05) is 12.3 Å². The number of nitrogens with one attached hydrogen (secondary N) is 1. The fraction of sp³-hybridized carbons (Fsp3) is 0.400. The van der Waals surface area contributed by atoms with Gasteiger partial charge in [0.15, 0.2) is 5.16 Å². The molecular formula is C15H20N4OS. The van der Waals surface area contributed by atoms with Gasteiger partial charge in [-0.2, -0.15) is 0 Å². The first-order chi connectivity index (χ1) is 10.2. The summed E-state index contributed by atoms with van der Waals surface area (Å²) in [5, 5.41) is 11.6. The minimum absolute atomic E-state index is 0.0224. The van der Waals surface area contributed by atoms with Crippen LogP contribution in [-0.4, -0.2) is 33.0 Å². The highest BCUT2D eigenvalue weighted by atomic mass is 32.2. The fourth-order valence-corrected chi connectivity index (χ4v) is 2.74. The summed E-state index contributed by atoms with van der Waals surface area (Å²) in [5.41, 5.74) is 1.23. The Balaban J connectivity index is 1.71. The van der Waals surface area contributed by atoms with E-state index in [2.05, 4.69) is 41.5 Å². The van der Waals surface area contributed by atoms with E-state index in [1.807, 2.05) is 22.8 Å². The third-order valence-electron chi connectivity index (χ3n) is 3.01. The molecule has 6 heteroatoms. The van der Waals surface area contributed by atoms with Crippen LogP contribution in [0.25, 0.3) is 0 Å². The summed E-state index contributed by atoms with van der Waals surface area (Å²) in [6.45, 7) is 4.78. The number of nitrogens with zero attached hydrogens (tertiary/aromatic N) is 3. The lowest BCUT2D eigenvalue weighted by Crippen LogP contribution is -2.27. The molecule has 0 saturated carbocycles. The van der Waals surface area contributed by atoms with Gasteiger partial charge in [0.05, 0.1) is 5.75 Å². The number of hydrogen-bond acceptors (Lipinski definition) is 4. The van der Waals surface area contributed by atoms with Gasteiger partial charge in [0.2, 0.25) is 5.91 Å². The first-order valence-electron chi connectivity index (χ1n) is 6.99. The van der Waals surface area contributed by atoms with Crippen molar-refractivity contribution in [2.24, 2.45) is 0 Å². The molecule has 2 aromatic rings. The Labute approximate surface area is 129 Å². The lowest BCUT2D eigenvalue weighted by atomic mass is 10.1. The predicted molar refractivity (Wildman–Crippen MR) is 84.3 cm³/mol. The summed E-state index contributed by atoms with van der Waals surface area (Å²) in [4.78, 5) is 11.8. The molecular weight excluding hydrogens is 284 g/mol. The second-order valence-corrected chi connectivity index (χ2v) is 5.93. The predicted octanol–water partition coefficient (Wildman–Crippen LogP) is 2.31. The van der Waals surface area contributed by atoms with Gasteiger partial charge >= 0.3 is 0 Å². The molecule has 1 amide bonds. The van der Waals surface area contributed by atoms with Crippen LogP contribution in [0.1, 0.15) is 25.5 Å². The number of rotatable bonds is 7. The van der Waals surface area contributed by atoms with Gasteiger partial charge in [-0.05, 0) is 25.8 Å². The standard InChI is InChI=1S/C15H20N4OS/c1-12(2)19-11-17-18-15(19)21-10-14(20)16-9-8-13-6-4-3-5-7-13/h3-7,11-12H,8-10H2,1-2H3,(H,16,20). The molecule has 0 spiro atoms. The number of benzene rings is 1. The molecule has 1 heterocycles. The average Bonchev–Trinajstić information content (AvgIpc) is 2.95. The molecule has 0 radical (unpaired) electrons. The zero-order valence-corrected chi connectivity index (χ0v) is 13.1. The lowest BCUT2D eigenvalue weighted by Gasteiger charge is -2.09. The lowest BCUT2D eigenvalue weighted by molar-refractivity contribution is -0.118. The van der Waals surface area contributed by atoms with Gasteiger partial charge in [0.25, 0.3) is 0 Å². The molecule has 1 aromatic carbocycles. The molecule has 0 aliphatic carbocycles. The Morgan fingerprint density at radius 2 is 2.10 bits per heavy atom. The van der Waals surface area contributed by atoms with E-state index in [-0.39, 0.29) is 5.91 Å². The fourth-order valence-electron chi connectivity index (χ4n) is 1.86. The molecule has 0 aliphatic heterocycles. The summed E-state index contributed by atoms with van der Waals surface area (Å²) in [6.07, 6.45) is 2.54. The molecule has 0 fully saturated rings. The zero-order valence-electron chi connectivity index (χ0n) is 12.3. The molecule has 1 N–H and O–H groups in total. The first-order valence-corrected chi connectivity index (χ1v) is 7.98. The van der Waals surface area contributed by atoms with Crippen molar-refractivity contribution in [3.63, 3.8) is 0 Å². The smallest absolute Gasteiger partial charge is 0.230 e. The summed E-state index contributed by atoms with van der Waals surface area (Å²) in [6, 6.07) is 10.4. The number of thioether (sulfide) groups is 1. The molecule has 0 atom stereocenters. The van der Waals surface area contributed by atoms with Crippen molar-refractivity contribution in [3.8, 4) is 0 Å². The van der Waals surface area contributed by atoms with Crippen molar-refractivity contribution in [1.29, 1.82) is 0 Å². The van der Waals surface area contributed by atoms with Gasteiger partial charge in [-0.25, -0.2) is 0 Å². The van der Waals surface area contributed by atoms with Crippen LogP contribution >= 0.6 is 11.8 Å². The van der Waals surface area contributed by atoms with Gasteiger partial charge in [-0.3, -0.25) is 4.79 Å². The van der Waals surface area contributed by atoms with Gasteiger partial charge < -0.3 is 9.88 Å². The molecule has 21 heavy (non-hydrogen) atoms. The number of carbonyl (C=O) groups is 1. The zero-order chi connectivity index (χ0) is 15.1. The van der Waals surface area contributed by atoms with Gasteiger partial charge in [-0.15, -0.1) is 10.2 Å². The quantitative estimate of drug-likeness (QED) is 0.798. The van der Waals surface area contributed by atoms with Crippen molar-refractivity contribution >= 4 is 17.7 Å². The summed E-state index contributed by atoms with van der Waals surface area (Å²) >= 11 is 1.41. The SMILES string of the molecule is CC(C)n1cnnc1SCC(=O)NCCc1ccccc1. The number of amides is 1. The maximum absolute atomic E-state index is 11.8. The van der Waals surface area contributed by atoms with Crippen LogP contribution in [0.5, 0.6) is 0 Å². The molecule has 0 unspecified atom stereocenters. The van der Waals surface area contributed by atoms with Crippen molar-refractivity contribution < 1.29 is 4.79 Å². The van der Waals surface area contributed by atoms with E-state index in [4.69, 9.17) is 0 Å². The van der Waals surface area contributed by atoms with Crippen LogP contribution in [-0.2, 0) is 11.2 Å². The Kier molecular flexibility index (Phi) is 5.80. The monoisotopic (exact) mass is 304 g/mol. The van der Waals surface area contributed by atoms with Gasteiger partial charge in [-0.1, -0.05) is 42.1 Å². The Morgan fingerprint density at radius 3 is 2.81 bits per heavy atom.